The lowest BCUT2D eigenvalue weighted by Crippen LogP contribution is -2.45. The van der Waals surface area contributed by atoms with Crippen LogP contribution in [0.2, 0.25) is 0 Å². The molecule has 2 atom stereocenters. The van der Waals surface area contributed by atoms with Crippen molar-refractivity contribution >= 4 is 17.1 Å². The third-order valence-corrected chi connectivity index (χ3v) is 4.80. The van der Waals surface area contributed by atoms with Crippen LogP contribution in [0.25, 0.3) is 0 Å². The monoisotopic (exact) mass is 357 g/mol. The molecule has 0 aliphatic carbocycles. The number of morpholine rings is 1. The number of anilines is 3. The first-order valence-corrected chi connectivity index (χ1v) is 9.28. The zero-order valence-corrected chi connectivity index (χ0v) is 15.8. The van der Waals surface area contributed by atoms with Crippen molar-refractivity contribution in [2.75, 3.05) is 29.0 Å². The lowest BCUT2D eigenvalue weighted by atomic mass is 10.0. The molecule has 1 aliphatic heterocycles. The Bertz CT molecular complexity index is 738. The van der Waals surface area contributed by atoms with Crippen molar-refractivity contribution in [1.82, 2.24) is 0 Å². The van der Waals surface area contributed by atoms with Gasteiger partial charge in [-0.1, -0.05) is 19.1 Å². The average Bonchev–Trinajstić information content (AvgIpc) is 2.61. The van der Waals surface area contributed by atoms with Gasteiger partial charge in [-0.2, -0.15) is 0 Å². The predicted octanol–water partition coefficient (Wildman–Crippen LogP) is 4.20. The number of rotatable bonds is 5. The Hall–Kier alpha value is -2.27. The Morgan fingerprint density at radius 1 is 1.12 bits per heavy atom. The van der Waals surface area contributed by atoms with Gasteiger partial charge in [-0.25, -0.2) is 4.39 Å². The van der Waals surface area contributed by atoms with E-state index in [-0.39, 0.29) is 18.0 Å². The molecule has 0 spiro atoms. The number of nitrogens with zero attached hydrogens (tertiary/aromatic N) is 1. The van der Waals surface area contributed by atoms with Crippen molar-refractivity contribution in [3.63, 3.8) is 0 Å². The minimum Gasteiger partial charge on any atom is -0.399 e. The molecule has 4 nitrogen and oxygen atoms in total. The molecule has 1 heterocycles. The lowest BCUT2D eigenvalue weighted by molar-refractivity contribution is -0.00527. The smallest absolute Gasteiger partial charge is 0.151 e. The van der Waals surface area contributed by atoms with Gasteiger partial charge in [0.2, 0.25) is 0 Å². The minimum absolute atomic E-state index is 0.148. The highest BCUT2D eigenvalue weighted by molar-refractivity contribution is 5.63. The van der Waals surface area contributed by atoms with Crippen molar-refractivity contribution in [1.29, 1.82) is 0 Å². The Kier molecular flexibility index (Phi) is 5.67. The second kappa shape index (κ2) is 7.96. The zero-order valence-electron chi connectivity index (χ0n) is 15.8. The van der Waals surface area contributed by atoms with Crippen molar-refractivity contribution in [2.24, 2.45) is 0 Å². The highest BCUT2D eigenvalue weighted by atomic mass is 19.1. The molecule has 5 heteroatoms. The molecule has 2 aromatic carbocycles. The summed E-state index contributed by atoms with van der Waals surface area (Å²) in [6.45, 7) is 8.26. The molecule has 140 valence electrons. The van der Waals surface area contributed by atoms with Gasteiger partial charge in [0.15, 0.2) is 5.82 Å². The molecule has 0 radical (unpaired) electrons. The third kappa shape index (κ3) is 4.10. The molecule has 3 N–H and O–H groups in total. The van der Waals surface area contributed by atoms with Crippen LogP contribution in [-0.4, -0.2) is 25.3 Å². The van der Waals surface area contributed by atoms with Gasteiger partial charge in [-0.3, -0.25) is 0 Å². The van der Waals surface area contributed by atoms with Crippen LogP contribution in [0.3, 0.4) is 0 Å². The third-order valence-electron chi connectivity index (χ3n) is 4.80. The van der Waals surface area contributed by atoms with Crippen LogP contribution in [0.1, 0.15) is 31.9 Å². The average molecular weight is 357 g/mol. The first-order valence-electron chi connectivity index (χ1n) is 9.28. The van der Waals surface area contributed by atoms with Crippen LogP contribution >= 0.6 is 0 Å². The Morgan fingerprint density at radius 3 is 2.38 bits per heavy atom. The van der Waals surface area contributed by atoms with E-state index < -0.39 is 0 Å². The maximum absolute atomic E-state index is 15.1. The first-order chi connectivity index (χ1) is 12.5. The molecule has 1 saturated heterocycles. The number of benzene rings is 2. The molecule has 1 fully saturated rings. The summed E-state index contributed by atoms with van der Waals surface area (Å²) in [5.41, 5.74) is 9.78. The van der Waals surface area contributed by atoms with Gasteiger partial charge in [0, 0.05) is 36.6 Å². The molecule has 0 bridgehead atoms. The van der Waals surface area contributed by atoms with Gasteiger partial charge in [-0.05, 0) is 50.1 Å². The molecule has 26 heavy (non-hydrogen) atoms. The lowest BCUT2D eigenvalue weighted by Gasteiger charge is -2.38. The van der Waals surface area contributed by atoms with E-state index in [4.69, 9.17) is 10.5 Å². The quantitative estimate of drug-likeness (QED) is 0.788. The summed E-state index contributed by atoms with van der Waals surface area (Å²) in [7, 11) is 0. The fourth-order valence-electron chi connectivity index (χ4n) is 3.59. The van der Waals surface area contributed by atoms with Gasteiger partial charge in [0.1, 0.15) is 0 Å². The maximum Gasteiger partial charge on any atom is 0.151 e. The van der Waals surface area contributed by atoms with E-state index in [9.17, 15) is 0 Å². The maximum atomic E-state index is 15.1. The topological polar surface area (TPSA) is 50.5 Å². The van der Waals surface area contributed by atoms with Crippen LogP contribution in [0, 0.1) is 5.82 Å². The summed E-state index contributed by atoms with van der Waals surface area (Å²) in [5.74, 6) is -0.160. The number of hydrogen-bond donors (Lipinski definition) is 2. The van der Waals surface area contributed by atoms with Gasteiger partial charge >= 0.3 is 0 Å². The van der Waals surface area contributed by atoms with Crippen molar-refractivity contribution in [3.05, 3.63) is 53.3 Å². The summed E-state index contributed by atoms with van der Waals surface area (Å²) in [5, 5.41) is 3.21. The predicted molar refractivity (Wildman–Crippen MR) is 106 cm³/mol. The second-order valence-electron chi connectivity index (χ2n) is 7.04. The summed E-state index contributed by atoms with van der Waals surface area (Å²) in [6.07, 6.45) is 0.947. The number of halogens is 1. The second-order valence-corrected chi connectivity index (χ2v) is 7.04. The molecule has 2 aromatic rings. The van der Waals surface area contributed by atoms with Gasteiger partial charge in [0.05, 0.1) is 17.9 Å². The molecule has 0 aromatic heterocycles. The molecular weight excluding hydrogens is 329 g/mol. The fraction of sp³-hybridized carbons (Fsp3) is 0.429. The summed E-state index contributed by atoms with van der Waals surface area (Å²) in [6, 6.07) is 11.5. The number of nitrogens with one attached hydrogen (secondary N) is 1. The van der Waals surface area contributed by atoms with E-state index >= 15 is 4.39 Å². The van der Waals surface area contributed by atoms with Crippen molar-refractivity contribution in [2.45, 2.75) is 45.9 Å². The standard InChI is InChI=1S/C21H28FN3O/c1-4-18-20(25-12-14(2)26-15(3)13-25)10-9-19(21(18)22)24-11-16-5-7-17(23)8-6-16/h5-10,14-15,24H,4,11-13,23H2,1-3H3/t14-,15+. The number of nitrogens with two attached hydrogens (primary N) is 1. The molecular formula is C21H28FN3O. The van der Waals surface area contributed by atoms with Gasteiger partial charge in [0.25, 0.3) is 0 Å². The summed E-state index contributed by atoms with van der Waals surface area (Å²) >= 11 is 0. The van der Waals surface area contributed by atoms with E-state index in [1.54, 1.807) is 0 Å². The molecule has 0 amide bonds. The van der Waals surface area contributed by atoms with Gasteiger partial charge in [-0.15, -0.1) is 0 Å². The zero-order chi connectivity index (χ0) is 18.7. The van der Waals surface area contributed by atoms with Crippen molar-refractivity contribution in [3.8, 4) is 0 Å². The van der Waals surface area contributed by atoms with Crippen LogP contribution in [-0.2, 0) is 17.7 Å². The van der Waals surface area contributed by atoms with Crippen LogP contribution in [0.15, 0.2) is 36.4 Å². The number of nitrogen functional groups attached to an aromatic ring is 1. The Morgan fingerprint density at radius 2 is 1.77 bits per heavy atom. The summed E-state index contributed by atoms with van der Waals surface area (Å²) in [4.78, 5) is 2.24. The van der Waals surface area contributed by atoms with Crippen LogP contribution in [0.5, 0.6) is 0 Å². The normalized spacial score (nSPS) is 20.2. The number of hydrogen-bond acceptors (Lipinski definition) is 4. The van der Waals surface area contributed by atoms with E-state index in [2.05, 4.69) is 24.1 Å². The molecule has 3 rings (SSSR count). The summed E-state index contributed by atoms with van der Waals surface area (Å²) < 4.78 is 20.9. The van der Waals surface area contributed by atoms with Crippen molar-refractivity contribution < 1.29 is 9.13 Å². The highest BCUT2D eigenvalue weighted by Gasteiger charge is 2.25. The Labute approximate surface area is 155 Å². The van der Waals surface area contributed by atoms with E-state index in [0.717, 1.165) is 35.6 Å². The van der Waals surface area contributed by atoms with E-state index in [0.29, 0.717) is 18.7 Å². The van der Waals surface area contributed by atoms with Crippen LogP contribution in [0.4, 0.5) is 21.5 Å². The molecule has 1 aliphatic rings. The largest absolute Gasteiger partial charge is 0.399 e. The van der Waals surface area contributed by atoms with E-state index in [1.807, 2.05) is 43.3 Å². The minimum atomic E-state index is -0.160. The highest BCUT2D eigenvalue weighted by Crippen LogP contribution is 2.31. The first kappa shape index (κ1) is 18.5. The van der Waals surface area contributed by atoms with E-state index in [1.165, 1.54) is 0 Å². The molecule has 0 saturated carbocycles. The van der Waals surface area contributed by atoms with Crippen LogP contribution < -0.4 is 16.0 Å². The van der Waals surface area contributed by atoms with Gasteiger partial charge < -0.3 is 20.7 Å². The SMILES string of the molecule is CCc1c(N2C[C@@H](C)O[C@@H](C)C2)ccc(NCc2ccc(N)cc2)c1F. The molecule has 0 unspecified atom stereocenters. The number of ether oxygens (including phenoxy) is 1. The Balaban J connectivity index is 1.79. The fourth-order valence-corrected chi connectivity index (χ4v) is 3.59.